The molecule has 0 aliphatic carbocycles. The van der Waals surface area contributed by atoms with Gasteiger partial charge in [0.1, 0.15) is 17.8 Å². The molecule has 1 aliphatic heterocycles. The summed E-state index contributed by atoms with van der Waals surface area (Å²) in [5.74, 6) is 0.192. The topological polar surface area (TPSA) is 100 Å². The van der Waals surface area contributed by atoms with Gasteiger partial charge in [-0.15, -0.1) is 0 Å². The minimum absolute atomic E-state index is 0.0777. The van der Waals surface area contributed by atoms with E-state index < -0.39 is 5.97 Å². The second-order valence-corrected chi connectivity index (χ2v) is 6.35. The van der Waals surface area contributed by atoms with Gasteiger partial charge in [-0.1, -0.05) is 6.92 Å². The summed E-state index contributed by atoms with van der Waals surface area (Å²) in [6.45, 7) is 4.97. The molecule has 1 amide bonds. The fraction of sp³-hybridized carbons (Fsp3) is 0.529. The lowest BCUT2D eigenvalue weighted by Gasteiger charge is -2.36. The summed E-state index contributed by atoms with van der Waals surface area (Å²) in [5.41, 5.74) is 1.00. The van der Waals surface area contributed by atoms with Crippen molar-refractivity contribution < 1.29 is 14.3 Å². The van der Waals surface area contributed by atoms with Crippen LogP contribution in [0.25, 0.3) is 11.0 Å². The van der Waals surface area contributed by atoms with Crippen LogP contribution in [0.15, 0.2) is 12.5 Å². The molecule has 8 nitrogen and oxygen atoms in total. The quantitative estimate of drug-likeness (QED) is 0.613. The van der Waals surface area contributed by atoms with E-state index in [9.17, 15) is 9.59 Å². The zero-order valence-corrected chi connectivity index (χ0v) is 14.5. The van der Waals surface area contributed by atoms with Crippen LogP contribution in [0.3, 0.4) is 0 Å². The molecule has 2 N–H and O–H groups in total. The van der Waals surface area contributed by atoms with Gasteiger partial charge < -0.3 is 19.9 Å². The third-order valence-electron chi connectivity index (χ3n) is 4.53. The van der Waals surface area contributed by atoms with E-state index in [0.717, 1.165) is 25.7 Å². The first-order valence-electron chi connectivity index (χ1n) is 8.60. The summed E-state index contributed by atoms with van der Waals surface area (Å²) in [7, 11) is 0. The van der Waals surface area contributed by atoms with Crippen LogP contribution in [-0.4, -0.2) is 57.5 Å². The molecule has 0 spiro atoms. The molecular formula is C17H23N5O3. The maximum absolute atomic E-state index is 12.3. The SMILES string of the molecule is CCCOC(=O)c1c[nH]c2ncnc(NC3CCC(C)N(C=O)C3)c12. The van der Waals surface area contributed by atoms with Gasteiger partial charge in [0.15, 0.2) is 0 Å². The smallest absolute Gasteiger partial charge is 0.340 e. The number of likely N-dealkylation sites (tertiary alicyclic amines) is 1. The number of carbonyl (C=O) groups excluding carboxylic acids is 2. The molecule has 2 aromatic rings. The first kappa shape index (κ1) is 17.2. The first-order valence-corrected chi connectivity index (χ1v) is 8.60. The van der Waals surface area contributed by atoms with Crippen LogP contribution in [-0.2, 0) is 9.53 Å². The Balaban J connectivity index is 1.85. The number of amides is 1. The highest BCUT2D eigenvalue weighted by molar-refractivity contribution is 6.07. The van der Waals surface area contributed by atoms with Crippen molar-refractivity contribution in [2.24, 2.45) is 0 Å². The fourth-order valence-corrected chi connectivity index (χ4v) is 3.10. The highest BCUT2D eigenvalue weighted by Crippen LogP contribution is 2.26. The number of hydrogen-bond acceptors (Lipinski definition) is 6. The van der Waals surface area contributed by atoms with Crippen LogP contribution in [0.2, 0.25) is 0 Å². The predicted molar refractivity (Wildman–Crippen MR) is 93.3 cm³/mol. The van der Waals surface area contributed by atoms with Gasteiger partial charge >= 0.3 is 5.97 Å². The molecule has 1 fully saturated rings. The van der Waals surface area contributed by atoms with E-state index in [4.69, 9.17) is 4.74 Å². The summed E-state index contributed by atoms with van der Waals surface area (Å²) in [6, 6.07) is 0.321. The summed E-state index contributed by atoms with van der Waals surface area (Å²) in [5, 5.41) is 3.99. The zero-order chi connectivity index (χ0) is 17.8. The zero-order valence-electron chi connectivity index (χ0n) is 14.5. The molecule has 2 atom stereocenters. The molecule has 8 heteroatoms. The monoisotopic (exact) mass is 345 g/mol. The lowest BCUT2D eigenvalue weighted by Crippen LogP contribution is -2.46. The van der Waals surface area contributed by atoms with E-state index in [2.05, 4.69) is 20.3 Å². The van der Waals surface area contributed by atoms with E-state index in [0.29, 0.717) is 35.6 Å². The number of piperidine rings is 1. The van der Waals surface area contributed by atoms with Crippen molar-refractivity contribution in [2.45, 2.75) is 45.2 Å². The van der Waals surface area contributed by atoms with Gasteiger partial charge in [-0.25, -0.2) is 14.8 Å². The molecule has 2 unspecified atom stereocenters. The van der Waals surface area contributed by atoms with Crippen LogP contribution in [0.5, 0.6) is 0 Å². The largest absolute Gasteiger partial charge is 0.462 e. The molecule has 134 valence electrons. The summed E-state index contributed by atoms with van der Waals surface area (Å²) in [6.07, 6.45) is 6.55. The highest BCUT2D eigenvalue weighted by Gasteiger charge is 2.26. The maximum atomic E-state index is 12.3. The van der Waals surface area contributed by atoms with Crippen molar-refractivity contribution in [3.05, 3.63) is 18.1 Å². The molecule has 3 rings (SSSR count). The normalized spacial score (nSPS) is 20.5. The number of anilines is 1. The number of nitrogens with zero attached hydrogens (tertiary/aromatic N) is 3. The Bertz CT molecular complexity index is 760. The number of esters is 1. The van der Waals surface area contributed by atoms with E-state index >= 15 is 0 Å². The molecule has 0 bridgehead atoms. The number of fused-ring (bicyclic) bond motifs is 1. The van der Waals surface area contributed by atoms with E-state index in [1.54, 1.807) is 11.1 Å². The number of rotatable bonds is 6. The minimum atomic E-state index is -0.391. The first-order chi connectivity index (χ1) is 12.1. The summed E-state index contributed by atoms with van der Waals surface area (Å²) >= 11 is 0. The van der Waals surface area contributed by atoms with Crippen molar-refractivity contribution in [3.8, 4) is 0 Å². The van der Waals surface area contributed by atoms with Crippen molar-refractivity contribution >= 4 is 29.2 Å². The Kier molecular flexibility index (Phi) is 5.16. The molecule has 0 aromatic carbocycles. The van der Waals surface area contributed by atoms with Crippen molar-refractivity contribution in [1.82, 2.24) is 19.9 Å². The van der Waals surface area contributed by atoms with Gasteiger partial charge in [0.25, 0.3) is 0 Å². The van der Waals surface area contributed by atoms with Crippen LogP contribution >= 0.6 is 0 Å². The van der Waals surface area contributed by atoms with E-state index in [-0.39, 0.29) is 12.1 Å². The third-order valence-corrected chi connectivity index (χ3v) is 4.53. The number of H-pyrrole nitrogens is 1. The Labute approximate surface area is 146 Å². The number of ether oxygens (including phenoxy) is 1. The second-order valence-electron chi connectivity index (χ2n) is 6.35. The van der Waals surface area contributed by atoms with Crippen molar-refractivity contribution in [1.29, 1.82) is 0 Å². The lowest BCUT2D eigenvalue weighted by molar-refractivity contribution is -0.121. The number of hydrogen-bond donors (Lipinski definition) is 2. The Morgan fingerprint density at radius 3 is 3.08 bits per heavy atom. The van der Waals surface area contributed by atoms with Gasteiger partial charge in [-0.05, 0) is 26.2 Å². The van der Waals surface area contributed by atoms with Gasteiger partial charge in [0.2, 0.25) is 6.41 Å². The molecular weight excluding hydrogens is 322 g/mol. The minimum Gasteiger partial charge on any atom is -0.462 e. The molecule has 3 heterocycles. The van der Waals surface area contributed by atoms with Gasteiger partial charge in [0.05, 0.1) is 17.6 Å². The standard InChI is InChI=1S/C17H23N5O3/c1-3-6-25-17(24)13-7-18-15-14(13)16(20-9-19-15)21-12-5-4-11(2)22(8-12)10-23/h7,9-12H,3-6,8H2,1-2H3,(H2,18,19,20,21). The van der Waals surface area contributed by atoms with Gasteiger partial charge in [-0.3, -0.25) is 4.79 Å². The average molecular weight is 345 g/mol. The molecule has 2 aromatic heterocycles. The highest BCUT2D eigenvalue weighted by atomic mass is 16.5. The number of aromatic amines is 1. The third kappa shape index (κ3) is 3.57. The molecule has 1 saturated heterocycles. The van der Waals surface area contributed by atoms with E-state index in [1.165, 1.54) is 6.33 Å². The van der Waals surface area contributed by atoms with Crippen molar-refractivity contribution in [3.63, 3.8) is 0 Å². The van der Waals surface area contributed by atoms with Crippen LogP contribution in [0.4, 0.5) is 5.82 Å². The molecule has 0 radical (unpaired) electrons. The Morgan fingerprint density at radius 1 is 1.48 bits per heavy atom. The van der Waals surface area contributed by atoms with Crippen molar-refractivity contribution in [2.75, 3.05) is 18.5 Å². The van der Waals surface area contributed by atoms with Gasteiger partial charge in [0, 0.05) is 24.8 Å². The Hall–Kier alpha value is -2.64. The average Bonchev–Trinajstić information content (AvgIpc) is 3.06. The second kappa shape index (κ2) is 7.50. The fourth-order valence-electron chi connectivity index (χ4n) is 3.10. The summed E-state index contributed by atoms with van der Waals surface area (Å²) in [4.78, 5) is 36.7. The predicted octanol–water partition coefficient (Wildman–Crippen LogP) is 1.95. The maximum Gasteiger partial charge on any atom is 0.340 e. The van der Waals surface area contributed by atoms with E-state index in [1.807, 2.05) is 13.8 Å². The number of nitrogens with one attached hydrogen (secondary N) is 2. The van der Waals surface area contributed by atoms with Crippen LogP contribution < -0.4 is 5.32 Å². The summed E-state index contributed by atoms with van der Waals surface area (Å²) < 4.78 is 5.24. The van der Waals surface area contributed by atoms with Gasteiger partial charge in [-0.2, -0.15) is 0 Å². The molecule has 25 heavy (non-hydrogen) atoms. The lowest BCUT2D eigenvalue weighted by atomic mass is 10.00. The van der Waals surface area contributed by atoms with Crippen LogP contribution in [0.1, 0.15) is 43.5 Å². The number of aromatic nitrogens is 3. The number of carbonyl (C=O) groups is 2. The van der Waals surface area contributed by atoms with Crippen LogP contribution in [0, 0.1) is 0 Å². The molecule has 0 saturated carbocycles. The Morgan fingerprint density at radius 2 is 2.32 bits per heavy atom. The molecule has 1 aliphatic rings.